The zero-order valence-electron chi connectivity index (χ0n) is 15.6. The molecule has 0 aliphatic carbocycles. The maximum absolute atomic E-state index is 12.3. The summed E-state index contributed by atoms with van der Waals surface area (Å²) in [7, 11) is 1.55. The summed E-state index contributed by atoms with van der Waals surface area (Å²) in [6, 6.07) is 13.0. The fourth-order valence-corrected chi connectivity index (χ4v) is 3.07. The van der Waals surface area contributed by atoms with Crippen molar-refractivity contribution in [2.45, 2.75) is 13.0 Å². The number of hydrogen-bond acceptors (Lipinski definition) is 7. The lowest BCUT2D eigenvalue weighted by molar-refractivity contribution is -0.123. The number of amides is 2. The van der Waals surface area contributed by atoms with Gasteiger partial charge in [-0.1, -0.05) is 0 Å². The summed E-state index contributed by atoms with van der Waals surface area (Å²) < 4.78 is 15.3. The fourth-order valence-electron chi connectivity index (χ4n) is 2.29. The van der Waals surface area contributed by atoms with Crippen LogP contribution in [0.15, 0.2) is 59.2 Å². The van der Waals surface area contributed by atoms with Gasteiger partial charge in [-0.3, -0.25) is 9.59 Å². The molecule has 1 aromatic carbocycles. The minimum Gasteiger partial charge on any atom is -0.497 e. The van der Waals surface area contributed by atoms with Crippen LogP contribution in [0.2, 0.25) is 0 Å². The number of carbonyl (C=O) groups is 3. The summed E-state index contributed by atoms with van der Waals surface area (Å²) in [5.41, 5.74) is 0.553. The molecule has 2 heterocycles. The van der Waals surface area contributed by atoms with E-state index in [1.807, 2.05) is 0 Å². The van der Waals surface area contributed by atoms with Gasteiger partial charge in [0.15, 0.2) is 11.9 Å². The van der Waals surface area contributed by atoms with E-state index < -0.39 is 23.9 Å². The van der Waals surface area contributed by atoms with Crippen LogP contribution in [0.5, 0.6) is 5.75 Å². The van der Waals surface area contributed by atoms with Crippen molar-refractivity contribution in [3.63, 3.8) is 0 Å². The summed E-state index contributed by atoms with van der Waals surface area (Å²) in [4.78, 5) is 36.7. The molecule has 2 amide bonds. The maximum atomic E-state index is 12.3. The van der Waals surface area contributed by atoms with Gasteiger partial charge < -0.3 is 24.5 Å². The molecule has 0 aliphatic heterocycles. The number of esters is 1. The third kappa shape index (κ3) is 5.23. The molecule has 0 saturated heterocycles. The molecule has 0 aliphatic rings. The number of benzene rings is 1. The summed E-state index contributed by atoms with van der Waals surface area (Å²) >= 11 is 1.03. The first-order chi connectivity index (χ1) is 14.0. The van der Waals surface area contributed by atoms with E-state index in [2.05, 4.69) is 10.6 Å². The molecule has 3 aromatic rings. The molecule has 0 saturated carbocycles. The maximum Gasteiger partial charge on any atom is 0.349 e. The molecule has 0 fully saturated rings. The fraction of sp³-hybridized carbons (Fsp3) is 0.150. The lowest BCUT2D eigenvalue weighted by atomic mass is 10.3. The largest absolute Gasteiger partial charge is 0.497 e. The van der Waals surface area contributed by atoms with Crippen LogP contribution >= 0.6 is 11.3 Å². The third-order valence-electron chi connectivity index (χ3n) is 3.80. The number of thiophene rings is 1. The van der Waals surface area contributed by atoms with Crippen molar-refractivity contribution in [2.24, 2.45) is 0 Å². The molecule has 29 heavy (non-hydrogen) atoms. The average Bonchev–Trinajstić information content (AvgIpc) is 3.40. The lowest BCUT2D eigenvalue weighted by Gasteiger charge is -2.13. The van der Waals surface area contributed by atoms with E-state index >= 15 is 0 Å². The SMILES string of the molecule is COc1ccc(NC(=O)C(C)OC(=O)c2ccc(NC(=O)c3ccco3)s2)cc1. The highest BCUT2D eigenvalue weighted by atomic mass is 32.1. The highest BCUT2D eigenvalue weighted by Crippen LogP contribution is 2.24. The number of anilines is 2. The first kappa shape index (κ1) is 20.2. The van der Waals surface area contributed by atoms with Crippen molar-refractivity contribution >= 4 is 39.8 Å². The Morgan fingerprint density at radius 1 is 1.03 bits per heavy atom. The predicted molar refractivity (Wildman–Crippen MR) is 107 cm³/mol. The monoisotopic (exact) mass is 414 g/mol. The number of ether oxygens (including phenoxy) is 2. The number of methoxy groups -OCH3 is 1. The second-order valence-corrected chi connectivity index (χ2v) is 6.94. The van der Waals surface area contributed by atoms with E-state index in [9.17, 15) is 14.4 Å². The van der Waals surface area contributed by atoms with Crippen LogP contribution in [0.1, 0.15) is 27.2 Å². The zero-order chi connectivity index (χ0) is 20.8. The molecule has 2 N–H and O–H groups in total. The van der Waals surface area contributed by atoms with Crippen LogP contribution in [0.4, 0.5) is 10.7 Å². The Hall–Kier alpha value is -3.59. The molecule has 2 aromatic heterocycles. The molecule has 8 nitrogen and oxygen atoms in total. The lowest BCUT2D eigenvalue weighted by Crippen LogP contribution is -2.29. The first-order valence-electron chi connectivity index (χ1n) is 8.57. The molecule has 0 bridgehead atoms. The van der Waals surface area contributed by atoms with Crippen LogP contribution in [0.3, 0.4) is 0 Å². The van der Waals surface area contributed by atoms with Gasteiger partial charge in [-0.05, 0) is 55.5 Å². The Morgan fingerprint density at radius 2 is 1.79 bits per heavy atom. The van der Waals surface area contributed by atoms with Crippen molar-refractivity contribution in [2.75, 3.05) is 17.7 Å². The quantitative estimate of drug-likeness (QED) is 0.570. The minimum atomic E-state index is -1.01. The summed E-state index contributed by atoms with van der Waals surface area (Å²) in [6.45, 7) is 1.48. The Kier molecular flexibility index (Phi) is 6.30. The number of furan rings is 1. The van der Waals surface area contributed by atoms with Crippen molar-refractivity contribution in [1.82, 2.24) is 0 Å². The summed E-state index contributed by atoms with van der Waals surface area (Å²) in [5, 5.41) is 5.74. The number of rotatable bonds is 7. The van der Waals surface area contributed by atoms with Gasteiger partial charge in [0.25, 0.3) is 11.8 Å². The zero-order valence-corrected chi connectivity index (χ0v) is 16.4. The van der Waals surface area contributed by atoms with Crippen LogP contribution in [0, 0.1) is 0 Å². The van der Waals surface area contributed by atoms with E-state index in [-0.39, 0.29) is 10.6 Å². The van der Waals surface area contributed by atoms with Gasteiger partial charge in [0.2, 0.25) is 0 Å². The molecule has 0 spiro atoms. The Morgan fingerprint density at radius 3 is 2.45 bits per heavy atom. The molecular formula is C20H18N2O6S. The van der Waals surface area contributed by atoms with Gasteiger partial charge in [0.05, 0.1) is 18.4 Å². The molecule has 3 rings (SSSR count). The Labute approximate surface area is 170 Å². The minimum absolute atomic E-state index is 0.159. The van der Waals surface area contributed by atoms with Crippen molar-refractivity contribution < 1.29 is 28.3 Å². The van der Waals surface area contributed by atoms with Gasteiger partial charge in [-0.25, -0.2) is 4.79 Å². The second-order valence-electron chi connectivity index (χ2n) is 5.86. The normalized spacial score (nSPS) is 11.4. The van der Waals surface area contributed by atoms with E-state index in [0.29, 0.717) is 16.4 Å². The van der Waals surface area contributed by atoms with Gasteiger partial charge in [0.1, 0.15) is 10.6 Å². The predicted octanol–water partition coefficient (Wildman–Crippen LogP) is 3.79. The van der Waals surface area contributed by atoms with Gasteiger partial charge in [-0.2, -0.15) is 0 Å². The smallest absolute Gasteiger partial charge is 0.349 e. The summed E-state index contributed by atoms with van der Waals surface area (Å²) in [5.74, 6) is -0.734. The average molecular weight is 414 g/mol. The van der Waals surface area contributed by atoms with Gasteiger partial charge in [0, 0.05) is 5.69 Å². The van der Waals surface area contributed by atoms with Gasteiger partial charge >= 0.3 is 5.97 Å². The van der Waals surface area contributed by atoms with Crippen LogP contribution in [-0.4, -0.2) is 31.0 Å². The van der Waals surface area contributed by atoms with E-state index in [1.165, 1.54) is 25.3 Å². The highest BCUT2D eigenvalue weighted by molar-refractivity contribution is 7.18. The molecular weight excluding hydrogens is 396 g/mol. The second kappa shape index (κ2) is 9.07. The molecule has 150 valence electrons. The van der Waals surface area contributed by atoms with Crippen LogP contribution in [-0.2, 0) is 9.53 Å². The third-order valence-corrected chi connectivity index (χ3v) is 4.78. The van der Waals surface area contributed by atoms with Crippen LogP contribution in [0.25, 0.3) is 0 Å². The molecule has 0 radical (unpaired) electrons. The van der Waals surface area contributed by atoms with Gasteiger partial charge in [-0.15, -0.1) is 11.3 Å². The number of nitrogens with one attached hydrogen (secondary N) is 2. The van der Waals surface area contributed by atoms with Crippen molar-refractivity contribution in [3.8, 4) is 5.75 Å². The Bertz CT molecular complexity index is 994. The standard InChI is InChI=1S/C20H18N2O6S/c1-12(18(23)21-13-5-7-14(26-2)8-6-13)28-20(25)16-9-10-17(29-16)22-19(24)15-4-3-11-27-15/h3-12H,1-2H3,(H,21,23)(H,22,24). The highest BCUT2D eigenvalue weighted by Gasteiger charge is 2.21. The van der Waals surface area contributed by atoms with E-state index in [0.717, 1.165) is 11.3 Å². The molecule has 1 unspecified atom stereocenters. The summed E-state index contributed by atoms with van der Waals surface area (Å²) in [6.07, 6.45) is 0.387. The van der Waals surface area contributed by atoms with Crippen LogP contribution < -0.4 is 15.4 Å². The first-order valence-corrected chi connectivity index (χ1v) is 9.38. The topological polar surface area (TPSA) is 107 Å². The number of carbonyl (C=O) groups excluding carboxylic acids is 3. The molecule has 1 atom stereocenters. The van der Waals surface area contributed by atoms with Crippen molar-refractivity contribution in [3.05, 3.63) is 65.4 Å². The molecule has 9 heteroatoms. The number of hydrogen-bond donors (Lipinski definition) is 2. The van der Waals surface area contributed by atoms with E-state index in [1.54, 1.807) is 43.5 Å². The Balaban J connectivity index is 1.54. The van der Waals surface area contributed by atoms with E-state index in [4.69, 9.17) is 13.9 Å². The van der Waals surface area contributed by atoms with Crippen molar-refractivity contribution in [1.29, 1.82) is 0 Å².